The molecule has 2 aromatic heterocycles. The summed E-state index contributed by atoms with van der Waals surface area (Å²) in [6.45, 7) is 0. The van der Waals surface area contributed by atoms with E-state index < -0.39 is 4.92 Å². The van der Waals surface area contributed by atoms with Crippen molar-refractivity contribution in [3.05, 3.63) is 76.4 Å². The number of carbonyl (C=O) groups is 1. The summed E-state index contributed by atoms with van der Waals surface area (Å²) in [5.74, 6) is 1.38. The van der Waals surface area contributed by atoms with Gasteiger partial charge in [-0.1, -0.05) is 18.9 Å². The standard InChI is InChI=1S/C21H21N3O4/c25-19(16-10-12-17(13-11-16)24(26)27)8-3-1-2-4-9-21-23-15-20(28-21)18-7-5-6-14-22-18/h5-7,10-15H,1-4,8-9H2. The van der Waals surface area contributed by atoms with E-state index in [0.29, 0.717) is 23.6 Å². The fourth-order valence-corrected chi connectivity index (χ4v) is 2.88. The number of ketones is 1. The fourth-order valence-electron chi connectivity index (χ4n) is 2.88. The molecule has 0 atom stereocenters. The van der Waals surface area contributed by atoms with Gasteiger partial charge in [0.2, 0.25) is 0 Å². The maximum absolute atomic E-state index is 12.1. The molecule has 0 fully saturated rings. The molecule has 0 amide bonds. The highest BCUT2D eigenvalue weighted by molar-refractivity contribution is 5.96. The minimum Gasteiger partial charge on any atom is -0.439 e. The highest BCUT2D eigenvalue weighted by Crippen LogP contribution is 2.19. The van der Waals surface area contributed by atoms with E-state index in [1.54, 1.807) is 12.4 Å². The predicted octanol–water partition coefficient (Wildman–Crippen LogP) is 5.02. The molecule has 0 spiro atoms. The zero-order valence-corrected chi connectivity index (χ0v) is 15.4. The lowest BCUT2D eigenvalue weighted by Gasteiger charge is -2.02. The van der Waals surface area contributed by atoms with E-state index in [4.69, 9.17) is 4.42 Å². The Hall–Kier alpha value is -3.35. The van der Waals surface area contributed by atoms with Crippen LogP contribution in [0.1, 0.15) is 48.4 Å². The first kappa shape index (κ1) is 19.4. The molecule has 7 heteroatoms. The number of Topliss-reactive ketones (excluding diaryl/α,β-unsaturated/α-hetero) is 1. The minimum atomic E-state index is -0.471. The van der Waals surface area contributed by atoms with E-state index in [9.17, 15) is 14.9 Å². The van der Waals surface area contributed by atoms with Crippen LogP contribution in [0.15, 0.2) is 59.3 Å². The second-order valence-corrected chi connectivity index (χ2v) is 6.47. The van der Waals surface area contributed by atoms with Gasteiger partial charge < -0.3 is 4.42 Å². The Bertz CT molecular complexity index is 920. The number of rotatable bonds is 10. The topological polar surface area (TPSA) is 99.1 Å². The van der Waals surface area contributed by atoms with Crippen molar-refractivity contribution in [3.63, 3.8) is 0 Å². The highest BCUT2D eigenvalue weighted by atomic mass is 16.6. The number of hydrogen-bond acceptors (Lipinski definition) is 6. The SMILES string of the molecule is O=C(CCCCCCc1ncc(-c2ccccn2)o1)c1ccc([N+](=O)[O-])cc1. The third kappa shape index (κ3) is 5.33. The number of nitro groups is 1. The Balaban J connectivity index is 1.34. The maximum atomic E-state index is 12.1. The van der Waals surface area contributed by atoms with Crippen molar-refractivity contribution in [2.75, 3.05) is 0 Å². The molecule has 0 saturated heterocycles. The monoisotopic (exact) mass is 379 g/mol. The van der Waals surface area contributed by atoms with Gasteiger partial charge in [-0.25, -0.2) is 4.98 Å². The number of nitrogens with zero attached hydrogens (tertiary/aromatic N) is 3. The molecular formula is C21H21N3O4. The third-order valence-electron chi connectivity index (χ3n) is 4.42. The van der Waals surface area contributed by atoms with Gasteiger partial charge in [0.25, 0.3) is 5.69 Å². The smallest absolute Gasteiger partial charge is 0.269 e. The first-order valence-electron chi connectivity index (χ1n) is 9.27. The molecule has 0 saturated carbocycles. The zero-order chi connectivity index (χ0) is 19.8. The van der Waals surface area contributed by atoms with Gasteiger partial charge in [-0.3, -0.25) is 19.9 Å². The summed E-state index contributed by atoms with van der Waals surface area (Å²) < 4.78 is 5.72. The van der Waals surface area contributed by atoms with Crippen LogP contribution in [0.4, 0.5) is 5.69 Å². The second-order valence-electron chi connectivity index (χ2n) is 6.47. The molecule has 0 unspecified atom stereocenters. The highest BCUT2D eigenvalue weighted by Gasteiger charge is 2.10. The number of oxazole rings is 1. The van der Waals surface area contributed by atoms with E-state index in [0.717, 1.165) is 37.8 Å². The van der Waals surface area contributed by atoms with Crippen LogP contribution in [0, 0.1) is 10.1 Å². The van der Waals surface area contributed by atoms with Gasteiger partial charge in [-0.15, -0.1) is 0 Å². The van der Waals surface area contributed by atoms with E-state index in [1.807, 2.05) is 18.2 Å². The Labute approximate surface area is 162 Å². The van der Waals surface area contributed by atoms with Crippen molar-refractivity contribution in [3.8, 4) is 11.5 Å². The van der Waals surface area contributed by atoms with Gasteiger partial charge >= 0.3 is 0 Å². The molecule has 0 radical (unpaired) electrons. The molecule has 3 rings (SSSR count). The largest absolute Gasteiger partial charge is 0.439 e. The summed E-state index contributed by atoms with van der Waals surface area (Å²) in [6.07, 6.45) is 8.26. The van der Waals surface area contributed by atoms with Gasteiger partial charge in [-0.2, -0.15) is 0 Å². The van der Waals surface area contributed by atoms with Crippen LogP contribution in [-0.2, 0) is 6.42 Å². The quantitative estimate of drug-likeness (QED) is 0.212. The predicted molar refractivity (Wildman–Crippen MR) is 104 cm³/mol. The number of aromatic nitrogens is 2. The van der Waals surface area contributed by atoms with Gasteiger partial charge in [-0.05, 0) is 37.1 Å². The van der Waals surface area contributed by atoms with Crippen molar-refractivity contribution in [2.24, 2.45) is 0 Å². The number of pyridine rings is 1. The van der Waals surface area contributed by atoms with E-state index in [-0.39, 0.29) is 11.5 Å². The summed E-state index contributed by atoms with van der Waals surface area (Å²) in [7, 11) is 0. The lowest BCUT2D eigenvalue weighted by atomic mass is 10.0. The van der Waals surface area contributed by atoms with Crippen molar-refractivity contribution in [1.29, 1.82) is 0 Å². The molecule has 2 heterocycles. The number of carbonyl (C=O) groups excluding carboxylic acids is 1. The van der Waals surface area contributed by atoms with E-state index in [2.05, 4.69) is 9.97 Å². The van der Waals surface area contributed by atoms with Crippen LogP contribution in [0.25, 0.3) is 11.5 Å². The van der Waals surface area contributed by atoms with Gasteiger partial charge in [0, 0.05) is 36.7 Å². The molecule has 0 bridgehead atoms. The Kier molecular flexibility index (Phi) is 6.62. The van der Waals surface area contributed by atoms with Crippen molar-refractivity contribution < 1.29 is 14.1 Å². The van der Waals surface area contributed by atoms with Crippen LogP contribution < -0.4 is 0 Å². The van der Waals surface area contributed by atoms with E-state index >= 15 is 0 Å². The minimum absolute atomic E-state index is 0.00529. The van der Waals surface area contributed by atoms with Crippen molar-refractivity contribution in [1.82, 2.24) is 9.97 Å². The number of aryl methyl sites for hydroxylation is 1. The molecule has 7 nitrogen and oxygen atoms in total. The molecule has 144 valence electrons. The number of non-ortho nitro benzene ring substituents is 1. The van der Waals surface area contributed by atoms with Gasteiger partial charge in [0.15, 0.2) is 17.4 Å². The molecule has 3 aromatic rings. The van der Waals surface area contributed by atoms with Crippen LogP contribution >= 0.6 is 0 Å². The summed E-state index contributed by atoms with van der Waals surface area (Å²) in [6, 6.07) is 11.4. The number of hydrogen-bond donors (Lipinski definition) is 0. The van der Waals surface area contributed by atoms with Crippen molar-refractivity contribution in [2.45, 2.75) is 38.5 Å². The molecule has 0 N–H and O–H groups in total. The third-order valence-corrected chi connectivity index (χ3v) is 4.42. The summed E-state index contributed by atoms with van der Waals surface area (Å²) >= 11 is 0. The number of unbranched alkanes of at least 4 members (excludes halogenated alkanes) is 3. The molecular weight excluding hydrogens is 358 g/mol. The molecule has 1 aromatic carbocycles. The first-order chi connectivity index (χ1) is 13.6. The first-order valence-corrected chi connectivity index (χ1v) is 9.27. The zero-order valence-electron chi connectivity index (χ0n) is 15.4. The summed E-state index contributed by atoms with van der Waals surface area (Å²) in [5.41, 5.74) is 1.28. The molecule has 0 aliphatic carbocycles. The summed E-state index contributed by atoms with van der Waals surface area (Å²) in [4.78, 5) is 30.8. The van der Waals surface area contributed by atoms with Crippen LogP contribution in [0.3, 0.4) is 0 Å². The number of benzene rings is 1. The fraction of sp³-hybridized carbons (Fsp3) is 0.286. The molecule has 28 heavy (non-hydrogen) atoms. The summed E-state index contributed by atoms with van der Waals surface area (Å²) in [5, 5.41) is 10.6. The second kappa shape index (κ2) is 9.55. The normalized spacial score (nSPS) is 10.7. The molecule has 0 aliphatic rings. The van der Waals surface area contributed by atoms with Crippen LogP contribution in [0.2, 0.25) is 0 Å². The lowest BCUT2D eigenvalue weighted by Crippen LogP contribution is -1.99. The van der Waals surface area contributed by atoms with Crippen molar-refractivity contribution >= 4 is 11.5 Å². The average Bonchev–Trinajstić information content (AvgIpc) is 3.20. The Morgan fingerprint density at radius 1 is 1.00 bits per heavy atom. The Morgan fingerprint density at radius 3 is 2.50 bits per heavy atom. The van der Waals surface area contributed by atoms with Gasteiger partial charge in [0.1, 0.15) is 5.69 Å². The lowest BCUT2D eigenvalue weighted by molar-refractivity contribution is -0.384. The number of nitro benzene ring substituents is 1. The maximum Gasteiger partial charge on any atom is 0.269 e. The van der Waals surface area contributed by atoms with Crippen LogP contribution in [0.5, 0.6) is 0 Å². The average molecular weight is 379 g/mol. The Morgan fingerprint density at radius 2 is 1.79 bits per heavy atom. The van der Waals surface area contributed by atoms with Gasteiger partial charge in [0.05, 0.1) is 11.1 Å². The molecule has 0 aliphatic heterocycles. The van der Waals surface area contributed by atoms with Crippen LogP contribution in [-0.4, -0.2) is 20.7 Å². The van der Waals surface area contributed by atoms with E-state index in [1.165, 1.54) is 24.3 Å².